The van der Waals surface area contributed by atoms with E-state index in [9.17, 15) is 4.79 Å². The average Bonchev–Trinajstić information content (AvgIpc) is 2.48. The van der Waals surface area contributed by atoms with E-state index in [2.05, 4.69) is 0 Å². The van der Waals surface area contributed by atoms with Gasteiger partial charge in [-0.2, -0.15) is 0 Å². The molecule has 0 heterocycles. The first-order chi connectivity index (χ1) is 8.71. The topological polar surface area (TPSA) is 20.3 Å². The van der Waals surface area contributed by atoms with E-state index in [0.29, 0.717) is 5.91 Å². The van der Waals surface area contributed by atoms with Gasteiger partial charge in [-0.3, -0.25) is 4.79 Å². The van der Waals surface area contributed by atoms with Gasteiger partial charge in [0, 0.05) is 18.2 Å². The van der Waals surface area contributed by atoms with Crippen LogP contribution in [0.3, 0.4) is 0 Å². The SMILES string of the molecule is CN(C(=O)C12CCC(CC1)CC2)c1ccccc1. The van der Waals surface area contributed by atoms with Gasteiger partial charge in [0.2, 0.25) is 5.91 Å². The molecule has 3 saturated carbocycles. The Balaban J connectivity index is 1.82. The zero-order valence-electron chi connectivity index (χ0n) is 11.1. The number of carbonyl (C=O) groups excluding carboxylic acids is 1. The summed E-state index contributed by atoms with van der Waals surface area (Å²) in [7, 11) is 1.92. The number of hydrogen-bond acceptors (Lipinski definition) is 1. The highest BCUT2D eigenvalue weighted by Crippen LogP contribution is 2.51. The molecule has 0 aromatic heterocycles. The van der Waals surface area contributed by atoms with E-state index in [1.54, 1.807) is 0 Å². The maximum atomic E-state index is 12.8. The molecule has 0 aliphatic heterocycles. The highest BCUT2D eigenvalue weighted by atomic mass is 16.2. The monoisotopic (exact) mass is 243 g/mol. The summed E-state index contributed by atoms with van der Waals surface area (Å²) in [5, 5.41) is 0. The van der Waals surface area contributed by atoms with Crippen LogP contribution < -0.4 is 4.90 Å². The number of benzene rings is 1. The lowest BCUT2D eigenvalue weighted by Gasteiger charge is -2.46. The molecule has 2 nitrogen and oxygen atoms in total. The summed E-state index contributed by atoms with van der Waals surface area (Å²) in [5.41, 5.74) is 0.976. The molecule has 3 aliphatic carbocycles. The third-order valence-electron chi connectivity index (χ3n) is 5.00. The summed E-state index contributed by atoms with van der Waals surface area (Å²) in [6, 6.07) is 10.0. The van der Waals surface area contributed by atoms with E-state index in [0.717, 1.165) is 30.9 Å². The molecule has 1 aromatic carbocycles. The second-order valence-corrected chi connectivity index (χ2v) is 5.96. The van der Waals surface area contributed by atoms with Crippen LogP contribution in [0.5, 0.6) is 0 Å². The predicted molar refractivity (Wildman–Crippen MR) is 73.5 cm³/mol. The summed E-state index contributed by atoms with van der Waals surface area (Å²) >= 11 is 0. The van der Waals surface area contributed by atoms with Crippen molar-refractivity contribution >= 4 is 11.6 Å². The number of anilines is 1. The Hall–Kier alpha value is -1.31. The van der Waals surface area contributed by atoms with E-state index in [1.165, 1.54) is 19.3 Å². The highest BCUT2D eigenvalue weighted by Gasteiger charge is 2.46. The van der Waals surface area contributed by atoms with Gasteiger partial charge in [0.25, 0.3) is 0 Å². The number of hydrogen-bond donors (Lipinski definition) is 0. The Labute approximate surface area is 109 Å². The summed E-state index contributed by atoms with van der Waals surface area (Å²) in [6.45, 7) is 0. The molecule has 0 radical (unpaired) electrons. The van der Waals surface area contributed by atoms with Gasteiger partial charge in [0.15, 0.2) is 0 Å². The lowest BCUT2D eigenvalue weighted by Crippen LogP contribution is -2.47. The fourth-order valence-corrected chi connectivity index (χ4v) is 3.69. The fourth-order valence-electron chi connectivity index (χ4n) is 3.69. The van der Waals surface area contributed by atoms with E-state index in [-0.39, 0.29) is 5.41 Å². The highest BCUT2D eigenvalue weighted by molar-refractivity contribution is 5.97. The molecule has 2 bridgehead atoms. The number of para-hydroxylation sites is 1. The number of amides is 1. The lowest BCUT2D eigenvalue weighted by molar-refractivity contribution is -0.133. The normalized spacial score (nSPS) is 30.2. The van der Waals surface area contributed by atoms with E-state index >= 15 is 0 Å². The summed E-state index contributed by atoms with van der Waals surface area (Å²) in [5.74, 6) is 1.24. The smallest absolute Gasteiger partial charge is 0.232 e. The minimum atomic E-state index is -0.0423. The second-order valence-electron chi connectivity index (χ2n) is 5.96. The summed E-state index contributed by atoms with van der Waals surface area (Å²) in [4.78, 5) is 14.7. The van der Waals surface area contributed by atoms with Crippen molar-refractivity contribution in [3.05, 3.63) is 30.3 Å². The van der Waals surface area contributed by atoms with Gasteiger partial charge in [-0.25, -0.2) is 0 Å². The van der Waals surface area contributed by atoms with E-state index < -0.39 is 0 Å². The number of carbonyl (C=O) groups is 1. The van der Waals surface area contributed by atoms with Crippen molar-refractivity contribution in [3.63, 3.8) is 0 Å². The second kappa shape index (κ2) is 4.42. The van der Waals surface area contributed by atoms with Crippen molar-refractivity contribution in [2.24, 2.45) is 11.3 Å². The molecular formula is C16H21NO. The number of fused-ring (bicyclic) bond motifs is 3. The Morgan fingerprint density at radius 2 is 1.67 bits per heavy atom. The summed E-state index contributed by atoms with van der Waals surface area (Å²) in [6.07, 6.45) is 7.09. The zero-order valence-corrected chi connectivity index (χ0v) is 11.1. The first kappa shape index (κ1) is 11.8. The van der Waals surface area contributed by atoms with Gasteiger partial charge >= 0.3 is 0 Å². The molecule has 0 spiro atoms. The molecular weight excluding hydrogens is 222 g/mol. The van der Waals surface area contributed by atoms with Crippen molar-refractivity contribution in [1.82, 2.24) is 0 Å². The van der Waals surface area contributed by atoms with Crippen molar-refractivity contribution < 1.29 is 4.79 Å². The largest absolute Gasteiger partial charge is 0.315 e. The van der Waals surface area contributed by atoms with Gasteiger partial charge < -0.3 is 4.90 Å². The fraction of sp³-hybridized carbons (Fsp3) is 0.562. The van der Waals surface area contributed by atoms with Gasteiger partial charge in [0.05, 0.1) is 0 Å². The van der Waals surface area contributed by atoms with Crippen LogP contribution in [0.1, 0.15) is 38.5 Å². The molecule has 4 rings (SSSR count). The molecule has 0 atom stereocenters. The maximum Gasteiger partial charge on any atom is 0.232 e. The van der Waals surface area contributed by atoms with Crippen molar-refractivity contribution in [2.45, 2.75) is 38.5 Å². The molecule has 96 valence electrons. The van der Waals surface area contributed by atoms with E-state index in [1.807, 2.05) is 42.3 Å². The van der Waals surface area contributed by atoms with Crippen molar-refractivity contribution in [1.29, 1.82) is 0 Å². The first-order valence-electron chi connectivity index (χ1n) is 7.04. The van der Waals surface area contributed by atoms with Crippen LogP contribution in [0.25, 0.3) is 0 Å². The molecule has 0 N–H and O–H groups in total. The van der Waals surface area contributed by atoms with Gasteiger partial charge in [-0.1, -0.05) is 18.2 Å². The molecule has 0 unspecified atom stereocenters. The zero-order chi connectivity index (χ0) is 12.6. The molecule has 1 aromatic rings. The van der Waals surface area contributed by atoms with Gasteiger partial charge in [0.1, 0.15) is 0 Å². The van der Waals surface area contributed by atoms with Crippen LogP contribution in [0.2, 0.25) is 0 Å². The molecule has 3 aliphatic rings. The quantitative estimate of drug-likeness (QED) is 0.777. The van der Waals surface area contributed by atoms with Crippen LogP contribution >= 0.6 is 0 Å². The van der Waals surface area contributed by atoms with Crippen LogP contribution in [0.15, 0.2) is 30.3 Å². The molecule has 0 saturated heterocycles. The van der Waals surface area contributed by atoms with Crippen molar-refractivity contribution in [2.75, 3.05) is 11.9 Å². The standard InChI is InChI=1S/C16H21NO/c1-17(14-5-3-2-4-6-14)15(18)16-10-7-13(8-11-16)9-12-16/h2-6,13H,7-12H2,1H3. The number of nitrogens with zero attached hydrogens (tertiary/aromatic N) is 1. The average molecular weight is 243 g/mol. The molecule has 2 heteroatoms. The van der Waals surface area contributed by atoms with Crippen molar-refractivity contribution in [3.8, 4) is 0 Å². The van der Waals surface area contributed by atoms with Crippen LogP contribution in [-0.2, 0) is 4.79 Å². The maximum absolute atomic E-state index is 12.8. The third kappa shape index (κ3) is 1.84. The minimum absolute atomic E-state index is 0.0423. The van der Waals surface area contributed by atoms with E-state index in [4.69, 9.17) is 0 Å². The Bertz CT molecular complexity index is 418. The van der Waals surface area contributed by atoms with Gasteiger partial charge in [-0.05, 0) is 56.6 Å². The Morgan fingerprint density at radius 3 is 2.22 bits per heavy atom. The third-order valence-corrected chi connectivity index (χ3v) is 5.00. The first-order valence-corrected chi connectivity index (χ1v) is 7.04. The van der Waals surface area contributed by atoms with Crippen LogP contribution in [0, 0.1) is 11.3 Å². The Kier molecular flexibility index (Phi) is 2.89. The van der Waals surface area contributed by atoms with Crippen LogP contribution in [-0.4, -0.2) is 13.0 Å². The Morgan fingerprint density at radius 1 is 1.11 bits per heavy atom. The molecule has 1 amide bonds. The summed E-state index contributed by atoms with van der Waals surface area (Å²) < 4.78 is 0. The van der Waals surface area contributed by atoms with Gasteiger partial charge in [-0.15, -0.1) is 0 Å². The number of rotatable bonds is 2. The minimum Gasteiger partial charge on any atom is -0.315 e. The molecule has 3 fully saturated rings. The predicted octanol–water partition coefficient (Wildman–Crippen LogP) is 3.62. The lowest BCUT2D eigenvalue weighted by atomic mass is 9.60. The molecule has 18 heavy (non-hydrogen) atoms. The van der Waals surface area contributed by atoms with Crippen LogP contribution in [0.4, 0.5) is 5.69 Å².